The summed E-state index contributed by atoms with van der Waals surface area (Å²) in [5.41, 5.74) is 1.00. The van der Waals surface area contributed by atoms with E-state index in [1.165, 1.54) is 0 Å². The van der Waals surface area contributed by atoms with Gasteiger partial charge in [-0.25, -0.2) is 13.1 Å². The van der Waals surface area contributed by atoms with E-state index in [0.717, 1.165) is 17.4 Å². The van der Waals surface area contributed by atoms with Crippen LogP contribution in [0.15, 0.2) is 41.3 Å². The third kappa shape index (κ3) is 2.96. The number of fused-ring (bicyclic) bond motifs is 1. The first-order valence-corrected chi connectivity index (χ1v) is 9.12. The molecule has 6 heteroatoms. The summed E-state index contributed by atoms with van der Waals surface area (Å²) >= 11 is 0. The molecule has 0 aromatic heterocycles. The van der Waals surface area contributed by atoms with E-state index < -0.39 is 28.0 Å². The third-order valence-electron chi connectivity index (χ3n) is 4.53. The number of carboxylic acid groups (broad SMARTS) is 1. The average molecular weight is 333 g/mol. The number of nitrogens with one attached hydrogen (secondary N) is 1. The molecule has 0 bridgehead atoms. The zero-order valence-electron chi connectivity index (χ0n) is 12.8. The molecule has 2 N–H and O–H groups in total. The number of carbonyl (C=O) groups is 1. The maximum Gasteiger partial charge on any atom is 0.308 e. The van der Waals surface area contributed by atoms with E-state index in [2.05, 4.69) is 4.72 Å². The predicted octanol–water partition coefficient (Wildman–Crippen LogP) is 2.68. The van der Waals surface area contributed by atoms with Gasteiger partial charge in [-0.05, 0) is 36.8 Å². The number of sulfonamides is 1. The number of rotatable bonds is 4. The van der Waals surface area contributed by atoms with E-state index in [-0.39, 0.29) is 4.90 Å². The van der Waals surface area contributed by atoms with Gasteiger partial charge in [0.1, 0.15) is 0 Å². The van der Waals surface area contributed by atoms with Crippen LogP contribution >= 0.6 is 0 Å². The second kappa shape index (κ2) is 5.94. The van der Waals surface area contributed by atoms with Crippen molar-refractivity contribution in [3.05, 3.63) is 42.0 Å². The third-order valence-corrected chi connectivity index (χ3v) is 6.08. The van der Waals surface area contributed by atoms with Crippen molar-refractivity contribution >= 4 is 26.8 Å². The molecule has 0 spiro atoms. The molecule has 1 aliphatic carbocycles. The molecule has 5 nitrogen and oxygen atoms in total. The lowest BCUT2D eigenvalue weighted by molar-refractivity contribution is -0.141. The van der Waals surface area contributed by atoms with E-state index in [1.54, 1.807) is 24.3 Å². The first kappa shape index (κ1) is 16.0. The Morgan fingerprint density at radius 3 is 2.52 bits per heavy atom. The van der Waals surface area contributed by atoms with Crippen molar-refractivity contribution in [3.8, 4) is 0 Å². The summed E-state index contributed by atoms with van der Waals surface area (Å²) < 4.78 is 28.2. The Labute approximate surface area is 135 Å². The number of carboxylic acids is 1. The Kier molecular flexibility index (Phi) is 4.12. The van der Waals surface area contributed by atoms with Crippen LogP contribution in [0.25, 0.3) is 10.8 Å². The fourth-order valence-electron chi connectivity index (χ4n) is 3.32. The van der Waals surface area contributed by atoms with Crippen molar-refractivity contribution in [1.29, 1.82) is 0 Å². The second-order valence-corrected chi connectivity index (χ2v) is 7.71. The quantitative estimate of drug-likeness (QED) is 0.901. The summed E-state index contributed by atoms with van der Waals surface area (Å²) in [6, 6.07) is 10.2. The van der Waals surface area contributed by atoms with Gasteiger partial charge in [0.2, 0.25) is 10.0 Å². The molecule has 0 heterocycles. The largest absolute Gasteiger partial charge is 0.481 e. The van der Waals surface area contributed by atoms with Crippen LogP contribution in [0, 0.1) is 12.8 Å². The Morgan fingerprint density at radius 1 is 1.13 bits per heavy atom. The van der Waals surface area contributed by atoms with Crippen molar-refractivity contribution in [2.75, 3.05) is 0 Å². The summed E-state index contributed by atoms with van der Waals surface area (Å²) in [7, 11) is -3.77. The maximum atomic E-state index is 12.8. The molecule has 122 valence electrons. The van der Waals surface area contributed by atoms with Crippen LogP contribution in [-0.4, -0.2) is 25.5 Å². The van der Waals surface area contributed by atoms with E-state index in [1.807, 2.05) is 19.1 Å². The fourth-order valence-corrected chi connectivity index (χ4v) is 4.84. The van der Waals surface area contributed by atoms with Crippen molar-refractivity contribution < 1.29 is 18.3 Å². The Morgan fingerprint density at radius 2 is 1.83 bits per heavy atom. The van der Waals surface area contributed by atoms with Gasteiger partial charge >= 0.3 is 5.97 Å². The van der Waals surface area contributed by atoms with Gasteiger partial charge in [-0.3, -0.25) is 4.79 Å². The first-order chi connectivity index (χ1) is 10.9. The molecule has 1 aliphatic rings. The van der Waals surface area contributed by atoms with E-state index in [0.29, 0.717) is 18.2 Å². The van der Waals surface area contributed by atoms with Gasteiger partial charge in [0.15, 0.2) is 0 Å². The lowest BCUT2D eigenvalue weighted by Gasteiger charge is -2.18. The van der Waals surface area contributed by atoms with Crippen molar-refractivity contribution in [2.24, 2.45) is 5.92 Å². The number of hydrogen-bond donors (Lipinski definition) is 2. The predicted molar refractivity (Wildman–Crippen MR) is 87.8 cm³/mol. The Balaban J connectivity index is 2.01. The lowest BCUT2D eigenvalue weighted by Crippen LogP contribution is -2.40. The molecule has 0 saturated heterocycles. The molecule has 1 fully saturated rings. The molecule has 0 aliphatic heterocycles. The minimum Gasteiger partial charge on any atom is -0.481 e. The molecule has 0 amide bonds. The van der Waals surface area contributed by atoms with Crippen molar-refractivity contribution in [3.63, 3.8) is 0 Å². The molecular weight excluding hydrogens is 314 g/mol. The SMILES string of the molecule is Cc1ccc(S(=O)(=O)N[C@@H]2CCC[C@H]2C(=O)O)c2ccccc12. The van der Waals surface area contributed by atoms with Crippen LogP contribution in [0.5, 0.6) is 0 Å². The zero-order valence-corrected chi connectivity index (χ0v) is 13.6. The summed E-state index contributed by atoms with van der Waals surface area (Å²) in [4.78, 5) is 11.5. The summed E-state index contributed by atoms with van der Waals surface area (Å²) in [6.45, 7) is 1.93. The minimum atomic E-state index is -3.77. The lowest BCUT2D eigenvalue weighted by atomic mass is 10.1. The highest BCUT2D eigenvalue weighted by Gasteiger charge is 2.36. The topological polar surface area (TPSA) is 83.5 Å². The average Bonchev–Trinajstić information content (AvgIpc) is 2.95. The Bertz CT molecular complexity index is 860. The zero-order chi connectivity index (χ0) is 16.6. The summed E-state index contributed by atoms with van der Waals surface area (Å²) in [5, 5.41) is 10.8. The highest BCUT2D eigenvalue weighted by molar-refractivity contribution is 7.89. The van der Waals surface area contributed by atoms with Crippen LogP contribution in [-0.2, 0) is 14.8 Å². The smallest absolute Gasteiger partial charge is 0.308 e. The highest BCUT2D eigenvalue weighted by atomic mass is 32.2. The summed E-state index contributed by atoms with van der Waals surface area (Å²) in [5.74, 6) is -1.59. The molecule has 1 saturated carbocycles. The maximum absolute atomic E-state index is 12.8. The van der Waals surface area contributed by atoms with E-state index in [9.17, 15) is 18.3 Å². The van der Waals surface area contributed by atoms with E-state index in [4.69, 9.17) is 0 Å². The molecule has 2 aromatic rings. The first-order valence-electron chi connectivity index (χ1n) is 7.63. The molecular formula is C17H19NO4S. The van der Waals surface area contributed by atoms with Gasteiger partial charge in [-0.15, -0.1) is 0 Å². The van der Waals surface area contributed by atoms with Crippen molar-refractivity contribution in [1.82, 2.24) is 4.72 Å². The standard InChI is InChI=1S/C17H19NO4S/c1-11-9-10-16(13-6-3-2-5-12(11)13)23(21,22)18-15-8-4-7-14(15)17(19)20/h2-3,5-6,9-10,14-15,18H,4,7-8H2,1H3,(H,19,20)/t14-,15-/m1/s1. The molecule has 2 atom stereocenters. The normalized spacial score (nSPS) is 21.6. The highest BCUT2D eigenvalue weighted by Crippen LogP contribution is 2.30. The minimum absolute atomic E-state index is 0.203. The molecule has 0 unspecified atom stereocenters. The summed E-state index contributed by atoms with van der Waals surface area (Å²) in [6.07, 6.45) is 1.79. The molecule has 3 rings (SSSR count). The molecule has 23 heavy (non-hydrogen) atoms. The second-order valence-electron chi connectivity index (χ2n) is 6.03. The van der Waals surface area contributed by atoms with Crippen LogP contribution < -0.4 is 4.72 Å². The van der Waals surface area contributed by atoms with Crippen LogP contribution in [0.1, 0.15) is 24.8 Å². The number of aliphatic carboxylic acids is 1. The van der Waals surface area contributed by atoms with Gasteiger partial charge in [0.25, 0.3) is 0 Å². The van der Waals surface area contributed by atoms with Gasteiger partial charge < -0.3 is 5.11 Å². The van der Waals surface area contributed by atoms with Crippen molar-refractivity contribution in [2.45, 2.75) is 37.1 Å². The van der Waals surface area contributed by atoms with Crippen LogP contribution in [0.2, 0.25) is 0 Å². The van der Waals surface area contributed by atoms with E-state index >= 15 is 0 Å². The monoisotopic (exact) mass is 333 g/mol. The molecule has 2 aromatic carbocycles. The fraction of sp³-hybridized carbons (Fsp3) is 0.353. The van der Waals surface area contributed by atoms with Gasteiger partial charge in [0.05, 0.1) is 10.8 Å². The van der Waals surface area contributed by atoms with Crippen LogP contribution in [0.4, 0.5) is 0 Å². The van der Waals surface area contributed by atoms with Crippen LogP contribution in [0.3, 0.4) is 0 Å². The van der Waals surface area contributed by atoms with Gasteiger partial charge in [0, 0.05) is 11.4 Å². The molecule has 0 radical (unpaired) electrons. The number of hydrogen-bond acceptors (Lipinski definition) is 3. The van der Waals surface area contributed by atoms with Gasteiger partial charge in [-0.2, -0.15) is 0 Å². The number of aryl methyl sites for hydroxylation is 1. The van der Waals surface area contributed by atoms with Gasteiger partial charge in [-0.1, -0.05) is 36.8 Å². The Hall–Kier alpha value is -1.92. The number of benzene rings is 2.